The molecule has 8 heteroatoms. The van der Waals surface area contributed by atoms with Gasteiger partial charge in [-0.1, -0.05) is 5.16 Å². The molecule has 2 unspecified atom stereocenters. The molecule has 0 spiro atoms. The monoisotopic (exact) mass is 346 g/mol. The van der Waals surface area contributed by atoms with Gasteiger partial charge in [0.2, 0.25) is 11.8 Å². The van der Waals surface area contributed by atoms with Crippen LogP contribution < -0.4 is 5.32 Å². The van der Waals surface area contributed by atoms with Crippen molar-refractivity contribution in [2.75, 3.05) is 31.1 Å². The Labute approximate surface area is 141 Å². The zero-order chi connectivity index (χ0) is 14.7. The van der Waals surface area contributed by atoms with Crippen molar-refractivity contribution < 1.29 is 9.32 Å². The molecular weight excluding hydrogens is 324 g/mol. The number of piperidine rings is 1. The van der Waals surface area contributed by atoms with E-state index in [0.717, 1.165) is 37.4 Å². The maximum absolute atomic E-state index is 12.5. The van der Waals surface area contributed by atoms with Crippen LogP contribution in [0, 0.1) is 6.92 Å². The Balaban J connectivity index is 0.00000176. The third-order valence-corrected chi connectivity index (χ3v) is 5.22. The summed E-state index contributed by atoms with van der Waals surface area (Å²) in [6.45, 7) is 4.39. The highest BCUT2D eigenvalue weighted by Gasteiger charge is 2.29. The van der Waals surface area contributed by atoms with Gasteiger partial charge in [-0.25, -0.2) is 0 Å². The second-order valence-electron chi connectivity index (χ2n) is 5.79. The van der Waals surface area contributed by atoms with Crippen LogP contribution in [0.3, 0.4) is 0 Å². The van der Waals surface area contributed by atoms with E-state index >= 15 is 0 Å². The lowest BCUT2D eigenvalue weighted by atomic mass is 9.97. The van der Waals surface area contributed by atoms with Gasteiger partial charge < -0.3 is 14.7 Å². The molecule has 22 heavy (non-hydrogen) atoms. The van der Waals surface area contributed by atoms with Crippen LogP contribution in [-0.4, -0.2) is 58.1 Å². The van der Waals surface area contributed by atoms with E-state index in [-0.39, 0.29) is 24.2 Å². The number of aryl methyl sites for hydroxylation is 1. The number of carbonyl (C=O) groups excluding carboxylic acids is 1. The standard InChI is InChI=1S/C14H22N4O2S.ClH/c1-10-16-14(20-17-10)11-3-2-5-18(8-11)13(19)7-12-9-21-6-4-15-12;/h11-12,15H,2-9H2,1H3;1H. The summed E-state index contributed by atoms with van der Waals surface area (Å²) < 4.78 is 5.27. The molecule has 1 N–H and O–H groups in total. The smallest absolute Gasteiger partial charge is 0.231 e. The number of amides is 1. The lowest BCUT2D eigenvalue weighted by Crippen LogP contribution is -2.45. The minimum atomic E-state index is 0. The predicted molar refractivity (Wildman–Crippen MR) is 88.6 cm³/mol. The molecule has 2 saturated heterocycles. The highest BCUT2D eigenvalue weighted by Crippen LogP contribution is 2.26. The van der Waals surface area contributed by atoms with Crippen LogP contribution in [-0.2, 0) is 4.79 Å². The molecule has 3 rings (SSSR count). The molecule has 1 aromatic heterocycles. The summed E-state index contributed by atoms with van der Waals surface area (Å²) >= 11 is 1.93. The summed E-state index contributed by atoms with van der Waals surface area (Å²) in [5.74, 6) is 3.96. The van der Waals surface area contributed by atoms with Crippen molar-refractivity contribution in [1.29, 1.82) is 0 Å². The zero-order valence-corrected chi connectivity index (χ0v) is 14.4. The molecule has 3 heterocycles. The van der Waals surface area contributed by atoms with Crippen LogP contribution in [0.25, 0.3) is 0 Å². The Hall–Kier alpha value is -0.790. The summed E-state index contributed by atoms with van der Waals surface area (Å²) in [5, 5.41) is 7.28. The van der Waals surface area contributed by atoms with E-state index in [9.17, 15) is 4.79 Å². The number of likely N-dealkylation sites (tertiary alicyclic amines) is 1. The number of hydrogen-bond donors (Lipinski definition) is 1. The maximum atomic E-state index is 12.5. The molecule has 2 atom stereocenters. The number of hydrogen-bond acceptors (Lipinski definition) is 6. The van der Waals surface area contributed by atoms with Crippen molar-refractivity contribution in [1.82, 2.24) is 20.4 Å². The summed E-state index contributed by atoms with van der Waals surface area (Å²) in [5.41, 5.74) is 0. The molecule has 1 aromatic rings. The fourth-order valence-corrected chi connectivity index (χ4v) is 3.92. The van der Waals surface area contributed by atoms with Crippen LogP contribution in [0.4, 0.5) is 0 Å². The molecule has 0 bridgehead atoms. The van der Waals surface area contributed by atoms with Crippen LogP contribution in [0.1, 0.15) is 36.9 Å². The van der Waals surface area contributed by atoms with Gasteiger partial charge in [-0.2, -0.15) is 16.7 Å². The van der Waals surface area contributed by atoms with E-state index in [1.807, 2.05) is 23.6 Å². The summed E-state index contributed by atoms with van der Waals surface area (Å²) in [6.07, 6.45) is 2.62. The van der Waals surface area contributed by atoms with Crippen molar-refractivity contribution in [3.8, 4) is 0 Å². The minimum absolute atomic E-state index is 0. The molecule has 0 aromatic carbocycles. The average Bonchev–Trinajstić information content (AvgIpc) is 2.95. The molecule has 2 aliphatic heterocycles. The van der Waals surface area contributed by atoms with Crippen molar-refractivity contribution in [2.45, 2.75) is 38.1 Å². The second kappa shape index (κ2) is 8.17. The molecule has 1 amide bonds. The Morgan fingerprint density at radius 2 is 2.41 bits per heavy atom. The third kappa shape index (κ3) is 4.36. The molecule has 2 fully saturated rings. The van der Waals surface area contributed by atoms with E-state index in [4.69, 9.17) is 4.52 Å². The first-order chi connectivity index (χ1) is 10.2. The topological polar surface area (TPSA) is 71.3 Å². The minimum Gasteiger partial charge on any atom is -0.342 e. The van der Waals surface area contributed by atoms with Crippen molar-refractivity contribution >= 4 is 30.1 Å². The molecule has 0 saturated carbocycles. The van der Waals surface area contributed by atoms with Crippen LogP contribution in [0.15, 0.2) is 4.52 Å². The van der Waals surface area contributed by atoms with Gasteiger partial charge in [0.15, 0.2) is 5.82 Å². The van der Waals surface area contributed by atoms with Crippen LogP contribution >= 0.6 is 24.2 Å². The number of carbonyl (C=O) groups is 1. The van der Waals surface area contributed by atoms with Crippen LogP contribution in [0.2, 0.25) is 0 Å². The van der Waals surface area contributed by atoms with Gasteiger partial charge in [-0.3, -0.25) is 4.79 Å². The van der Waals surface area contributed by atoms with Gasteiger partial charge in [0.05, 0.1) is 5.92 Å². The largest absolute Gasteiger partial charge is 0.342 e. The fourth-order valence-electron chi connectivity index (χ4n) is 2.97. The normalized spacial score (nSPS) is 25.6. The molecule has 0 radical (unpaired) electrons. The van der Waals surface area contributed by atoms with Crippen molar-refractivity contribution in [2.24, 2.45) is 0 Å². The van der Waals surface area contributed by atoms with E-state index in [0.29, 0.717) is 30.7 Å². The lowest BCUT2D eigenvalue weighted by Gasteiger charge is -2.33. The number of nitrogens with one attached hydrogen (secondary N) is 1. The number of rotatable bonds is 3. The Kier molecular flexibility index (Phi) is 6.52. The SMILES string of the molecule is Cc1noc(C2CCCN(C(=O)CC3CSCCN3)C2)n1.Cl. The van der Waals surface area contributed by atoms with Gasteiger partial charge in [0.25, 0.3) is 0 Å². The Morgan fingerprint density at radius 3 is 3.09 bits per heavy atom. The predicted octanol–water partition coefficient (Wildman–Crippen LogP) is 1.60. The van der Waals surface area contributed by atoms with Gasteiger partial charge in [-0.15, -0.1) is 12.4 Å². The number of thioether (sulfide) groups is 1. The highest BCUT2D eigenvalue weighted by atomic mass is 35.5. The highest BCUT2D eigenvalue weighted by molar-refractivity contribution is 7.99. The van der Waals surface area contributed by atoms with Crippen molar-refractivity contribution in [3.63, 3.8) is 0 Å². The maximum Gasteiger partial charge on any atom is 0.231 e. The third-order valence-electron chi connectivity index (χ3n) is 4.09. The number of aromatic nitrogens is 2. The summed E-state index contributed by atoms with van der Waals surface area (Å²) in [7, 11) is 0. The molecule has 6 nitrogen and oxygen atoms in total. The quantitative estimate of drug-likeness (QED) is 0.896. The lowest BCUT2D eigenvalue weighted by molar-refractivity contribution is -0.132. The average molecular weight is 347 g/mol. The molecular formula is C14H23ClN4O2S. The van der Waals surface area contributed by atoms with Gasteiger partial charge in [-0.05, 0) is 19.8 Å². The zero-order valence-electron chi connectivity index (χ0n) is 12.8. The Bertz CT molecular complexity index is 493. The molecule has 124 valence electrons. The molecule has 2 aliphatic rings. The summed E-state index contributed by atoms with van der Waals surface area (Å²) in [6, 6.07) is 0.322. The van der Waals surface area contributed by atoms with Crippen LogP contribution in [0.5, 0.6) is 0 Å². The van der Waals surface area contributed by atoms with Gasteiger partial charge in [0, 0.05) is 43.6 Å². The first-order valence-electron chi connectivity index (χ1n) is 7.61. The number of nitrogens with zero attached hydrogens (tertiary/aromatic N) is 3. The van der Waals surface area contributed by atoms with Gasteiger partial charge in [0.1, 0.15) is 0 Å². The van der Waals surface area contributed by atoms with E-state index < -0.39 is 0 Å². The van der Waals surface area contributed by atoms with E-state index in [2.05, 4.69) is 15.5 Å². The van der Waals surface area contributed by atoms with Gasteiger partial charge >= 0.3 is 0 Å². The molecule has 0 aliphatic carbocycles. The van der Waals surface area contributed by atoms with E-state index in [1.54, 1.807) is 0 Å². The van der Waals surface area contributed by atoms with Crippen molar-refractivity contribution in [3.05, 3.63) is 11.7 Å². The summed E-state index contributed by atoms with van der Waals surface area (Å²) in [4.78, 5) is 18.7. The fraction of sp³-hybridized carbons (Fsp3) is 0.786. The Morgan fingerprint density at radius 1 is 1.55 bits per heavy atom. The second-order valence-corrected chi connectivity index (χ2v) is 6.94. The first-order valence-corrected chi connectivity index (χ1v) is 8.77. The first kappa shape index (κ1) is 17.6. The van der Waals surface area contributed by atoms with E-state index in [1.165, 1.54) is 0 Å². The number of halogens is 1.